The molecule has 164 valence electrons. The van der Waals surface area contributed by atoms with E-state index in [0.29, 0.717) is 6.92 Å². The molecule has 0 saturated heterocycles. The summed E-state index contributed by atoms with van der Waals surface area (Å²) in [7, 11) is 0. The molecule has 0 radical (unpaired) electrons. The molecule has 0 aromatic carbocycles. The maximum atomic E-state index is 13.5. The molecule has 27 heavy (non-hydrogen) atoms. The van der Waals surface area contributed by atoms with Gasteiger partial charge in [-0.25, -0.2) is 0 Å². The SMILES string of the molecule is CCC(C)(O)C(F)(F)C(F)(F)C(F)(F)C(F)(F)C(F)(F)C(F)(F)C(F)(F)F. The number of alkyl halides is 15. The third kappa shape index (κ3) is 3.10. The number of rotatable bonds is 7. The molecule has 0 rings (SSSR count). The van der Waals surface area contributed by atoms with E-state index in [2.05, 4.69) is 0 Å². The molecule has 0 spiro atoms. The van der Waals surface area contributed by atoms with E-state index < -0.39 is 53.7 Å². The zero-order valence-electron chi connectivity index (χ0n) is 12.8. The first-order valence-corrected chi connectivity index (χ1v) is 6.37. The summed E-state index contributed by atoms with van der Waals surface area (Å²) >= 11 is 0. The van der Waals surface area contributed by atoms with E-state index in [4.69, 9.17) is 5.11 Å². The second-order valence-corrected chi connectivity index (χ2v) is 5.57. The lowest BCUT2D eigenvalue weighted by Gasteiger charge is -2.44. The molecular weight excluding hydrogens is 433 g/mol. The molecule has 0 aromatic heterocycles. The van der Waals surface area contributed by atoms with Crippen LogP contribution in [0.5, 0.6) is 0 Å². The average Bonchev–Trinajstić information content (AvgIpc) is 2.44. The minimum atomic E-state index is -8.34. The fourth-order valence-electron chi connectivity index (χ4n) is 1.53. The predicted octanol–water partition coefficient (Wildman–Crippen LogP) is 5.52. The van der Waals surface area contributed by atoms with Crippen LogP contribution in [-0.4, -0.2) is 52.4 Å². The fourth-order valence-corrected chi connectivity index (χ4v) is 1.53. The van der Waals surface area contributed by atoms with Gasteiger partial charge in [0.05, 0.1) is 0 Å². The zero-order valence-corrected chi connectivity index (χ0v) is 12.8. The van der Waals surface area contributed by atoms with Gasteiger partial charge in [-0.15, -0.1) is 0 Å². The summed E-state index contributed by atoms with van der Waals surface area (Å²) < 4.78 is 193. The molecule has 0 aliphatic rings. The fraction of sp³-hybridized carbons (Fsp3) is 1.00. The predicted molar refractivity (Wildman–Crippen MR) is 56.7 cm³/mol. The van der Waals surface area contributed by atoms with Crippen LogP contribution in [0.2, 0.25) is 0 Å². The van der Waals surface area contributed by atoms with Gasteiger partial charge in [-0.2, -0.15) is 65.9 Å². The average molecular weight is 442 g/mol. The van der Waals surface area contributed by atoms with Crippen molar-refractivity contribution in [2.24, 2.45) is 0 Å². The maximum absolute atomic E-state index is 13.5. The van der Waals surface area contributed by atoms with Crippen LogP contribution in [0.25, 0.3) is 0 Å². The highest BCUT2D eigenvalue weighted by molar-refractivity contribution is 5.15. The van der Waals surface area contributed by atoms with Crippen LogP contribution in [0.1, 0.15) is 20.3 Å². The molecule has 16 heteroatoms. The number of hydrogen-bond donors (Lipinski definition) is 1. The first-order valence-electron chi connectivity index (χ1n) is 6.37. The van der Waals surface area contributed by atoms with Gasteiger partial charge >= 0.3 is 41.7 Å². The highest BCUT2D eigenvalue weighted by Gasteiger charge is 2.94. The highest BCUT2D eigenvalue weighted by atomic mass is 19.4. The summed E-state index contributed by atoms with van der Waals surface area (Å²) in [6.45, 7) is 0.129. The Balaban J connectivity index is 6.65. The second-order valence-electron chi connectivity index (χ2n) is 5.57. The molecule has 0 fully saturated rings. The van der Waals surface area contributed by atoms with Crippen LogP contribution in [0.3, 0.4) is 0 Å². The Kier molecular flexibility index (Phi) is 5.95. The van der Waals surface area contributed by atoms with Gasteiger partial charge in [0.1, 0.15) is 5.60 Å². The summed E-state index contributed by atoms with van der Waals surface area (Å²) in [5.41, 5.74) is -4.27. The third-order valence-corrected chi connectivity index (χ3v) is 3.69. The Morgan fingerprint density at radius 2 is 0.704 bits per heavy atom. The largest absolute Gasteiger partial charge is 0.460 e. The normalized spacial score (nSPS) is 18.4. The Hall–Kier alpha value is -1.09. The van der Waals surface area contributed by atoms with E-state index >= 15 is 0 Å². The van der Waals surface area contributed by atoms with Crippen molar-refractivity contribution >= 4 is 0 Å². The van der Waals surface area contributed by atoms with E-state index in [-0.39, 0.29) is 6.92 Å². The molecule has 0 saturated carbocycles. The highest BCUT2D eigenvalue weighted by Crippen LogP contribution is 2.63. The van der Waals surface area contributed by atoms with Gasteiger partial charge < -0.3 is 5.11 Å². The minimum Gasteiger partial charge on any atom is -0.384 e. The molecule has 0 aromatic rings. The molecule has 1 atom stereocenters. The van der Waals surface area contributed by atoms with Crippen molar-refractivity contribution < 1.29 is 71.0 Å². The summed E-state index contributed by atoms with van der Waals surface area (Å²) in [5.74, 6) is -47.1. The molecule has 0 aliphatic carbocycles. The number of hydrogen-bond acceptors (Lipinski definition) is 1. The molecular formula is C11H9F15O. The van der Waals surface area contributed by atoms with Crippen molar-refractivity contribution in [1.29, 1.82) is 0 Å². The zero-order chi connectivity index (χ0) is 22.7. The van der Waals surface area contributed by atoms with E-state index in [1.165, 1.54) is 0 Å². The summed E-state index contributed by atoms with van der Waals surface area (Å²) in [6, 6.07) is 0. The van der Waals surface area contributed by atoms with Gasteiger partial charge in [-0.3, -0.25) is 0 Å². The molecule has 1 nitrogen and oxygen atoms in total. The van der Waals surface area contributed by atoms with Crippen LogP contribution >= 0.6 is 0 Å². The van der Waals surface area contributed by atoms with Crippen molar-refractivity contribution in [2.45, 2.75) is 67.6 Å². The molecule has 1 unspecified atom stereocenters. The van der Waals surface area contributed by atoms with Gasteiger partial charge in [-0.05, 0) is 13.3 Å². The smallest absolute Gasteiger partial charge is 0.384 e. The lowest BCUT2D eigenvalue weighted by atomic mass is 9.83. The first kappa shape index (κ1) is 25.9. The van der Waals surface area contributed by atoms with Gasteiger partial charge in [0, 0.05) is 0 Å². The van der Waals surface area contributed by atoms with Gasteiger partial charge in [0.2, 0.25) is 0 Å². The Bertz CT molecular complexity index is 544. The molecule has 0 heterocycles. The van der Waals surface area contributed by atoms with Crippen LogP contribution in [-0.2, 0) is 0 Å². The maximum Gasteiger partial charge on any atom is 0.460 e. The number of aliphatic hydroxyl groups is 1. The van der Waals surface area contributed by atoms with Gasteiger partial charge in [-0.1, -0.05) is 6.92 Å². The first-order chi connectivity index (χ1) is 11.3. The van der Waals surface area contributed by atoms with Gasteiger partial charge in [0.25, 0.3) is 0 Å². The Morgan fingerprint density at radius 1 is 0.481 bits per heavy atom. The van der Waals surface area contributed by atoms with E-state index in [1.807, 2.05) is 0 Å². The van der Waals surface area contributed by atoms with E-state index in [9.17, 15) is 65.9 Å². The molecule has 0 bridgehead atoms. The van der Waals surface area contributed by atoms with E-state index in [1.54, 1.807) is 0 Å². The quantitative estimate of drug-likeness (QED) is 0.515. The molecule has 0 amide bonds. The number of halogens is 15. The summed E-state index contributed by atoms with van der Waals surface area (Å²) in [6.07, 6.45) is -9.20. The van der Waals surface area contributed by atoms with E-state index in [0.717, 1.165) is 0 Å². The monoisotopic (exact) mass is 442 g/mol. The Morgan fingerprint density at radius 3 is 0.926 bits per heavy atom. The van der Waals surface area contributed by atoms with Crippen molar-refractivity contribution in [1.82, 2.24) is 0 Å². The minimum absolute atomic E-state index is 0.308. The Labute approximate surface area is 140 Å². The van der Waals surface area contributed by atoms with Crippen LogP contribution < -0.4 is 0 Å². The van der Waals surface area contributed by atoms with Crippen molar-refractivity contribution in [3.63, 3.8) is 0 Å². The lowest BCUT2D eigenvalue weighted by Crippen LogP contribution is -2.74. The molecule has 0 aliphatic heterocycles. The van der Waals surface area contributed by atoms with Crippen LogP contribution in [0, 0.1) is 0 Å². The van der Waals surface area contributed by atoms with Crippen molar-refractivity contribution in [3.8, 4) is 0 Å². The molecule has 1 N–H and O–H groups in total. The van der Waals surface area contributed by atoms with Crippen LogP contribution in [0.15, 0.2) is 0 Å². The van der Waals surface area contributed by atoms with Crippen molar-refractivity contribution in [2.75, 3.05) is 0 Å². The van der Waals surface area contributed by atoms with Crippen LogP contribution in [0.4, 0.5) is 65.9 Å². The van der Waals surface area contributed by atoms with Crippen molar-refractivity contribution in [3.05, 3.63) is 0 Å². The second kappa shape index (κ2) is 6.20. The third-order valence-electron chi connectivity index (χ3n) is 3.69. The topological polar surface area (TPSA) is 20.2 Å². The standard InChI is InChI=1S/C11H9F15O/c1-3-4(2,27)5(12,13)6(14,15)7(16,17)8(18,19)9(20,21)10(22,23)11(24,25)26/h27H,3H2,1-2H3. The lowest BCUT2D eigenvalue weighted by molar-refractivity contribution is -0.459. The summed E-state index contributed by atoms with van der Waals surface area (Å²) in [5, 5.41) is 8.98. The summed E-state index contributed by atoms with van der Waals surface area (Å²) in [4.78, 5) is 0. The van der Waals surface area contributed by atoms with Gasteiger partial charge in [0.15, 0.2) is 0 Å².